The summed E-state index contributed by atoms with van der Waals surface area (Å²) in [5, 5.41) is 0. The van der Waals surface area contributed by atoms with Crippen LogP contribution in [0.25, 0.3) is 0 Å². The summed E-state index contributed by atoms with van der Waals surface area (Å²) < 4.78 is 29.6. The smallest absolute Gasteiger partial charge is 0.180 e. The van der Waals surface area contributed by atoms with E-state index in [9.17, 15) is 8.42 Å². The fourth-order valence-corrected chi connectivity index (χ4v) is 2.90. The molecule has 0 radical (unpaired) electrons. The molecule has 0 saturated heterocycles. The molecule has 0 aliphatic heterocycles. The number of ether oxygens (including phenoxy) is 1. The predicted octanol–water partition coefficient (Wildman–Crippen LogP) is 2.12. The highest BCUT2D eigenvalue weighted by Crippen LogP contribution is 2.13. The summed E-state index contributed by atoms with van der Waals surface area (Å²) in [6.07, 6.45) is 2.10. The molecule has 0 aliphatic carbocycles. The van der Waals surface area contributed by atoms with Crippen LogP contribution in [-0.2, 0) is 21.1 Å². The fourth-order valence-electron chi connectivity index (χ4n) is 1.80. The first-order chi connectivity index (χ1) is 8.99. The molecule has 0 amide bonds. The highest BCUT2D eigenvalue weighted by atomic mass is 32.2. The van der Waals surface area contributed by atoms with Crippen LogP contribution in [0, 0.1) is 0 Å². The van der Waals surface area contributed by atoms with Crippen LogP contribution < -0.4 is 5.73 Å². The summed E-state index contributed by atoms with van der Waals surface area (Å²) in [7, 11) is -3.26. The molecule has 2 N–H and O–H groups in total. The van der Waals surface area contributed by atoms with Crippen LogP contribution in [0.15, 0.2) is 29.2 Å². The topological polar surface area (TPSA) is 69.4 Å². The van der Waals surface area contributed by atoms with E-state index in [2.05, 4.69) is 6.92 Å². The van der Waals surface area contributed by atoms with Crippen molar-refractivity contribution in [1.29, 1.82) is 0 Å². The Hall–Kier alpha value is -0.910. The summed E-state index contributed by atoms with van der Waals surface area (Å²) in [6.45, 7) is 4.70. The lowest BCUT2D eigenvalue weighted by atomic mass is 10.2. The largest absolute Gasteiger partial charge is 0.377 e. The van der Waals surface area contributed by atoms with E-state index >= 15 is 0 Å². The minimum Gasteiger partial charge on any atom is -0.377 e. The first-order valence-electron chi connectivity index (χ1n) is 6.63. The monoisotopic (exact) mass is 285 g/mol. The van der Waals surface area contributed by atoms with Gasteiger partial charge in [0.05, 0.1) is 23.4 Å². The highest BCUT2D eigenvalue weighted by Gasteiger charge is 2.14. The number of hydrogen-bond donors (Lipinski definition) is 1. The molecule has 0 heterocycles. The lowest BCUT2D eigenvalue weighted by Crippen LogP contribution is -2.17. The second-order valence-corrected chi connectivity index (χ2v) is 6.75. The van der Waals surface area contributed by atoms with E-state index in [1.54, 1.807) is 24.3 Å². The maximum absolute atomic E-state index is 12.1. The van der Waals surface area contributed by atoms with Crippen LogP contribution in [0.4, 0.5) is 0 Å². The van der Waals surface area contributed by atoms with Gasteiger partial charge in [-0.15, -0.1) is 0 Å². The molecule has 108 valence electrons. The van der Waals surface area contributed by atoms with Gasteiger partial charge in [0.15, 0.2) is 9.84 Å². The molecule has 0 bridgehead atoms. The molecule has 4 nitrogen and oxygen atoms in total. The second kappa shape index (κ2) is 7.62. The zero-order valence-corrected chi connectivity index (χ0v) is 12.4. The van der Waals surface area contributed by atoms with Crippen molar-refractivity contribution in [2.75, 3.05) is 12.4 Å². The van der Waals surface area contributed by atoms with Crippen molar-refractivity contribution in [2.24, 2.45) is 5.73 Å². The van der Waals surface area contributed by atoms with E-state index in [1.807, 2.05) is 6.92 Å². The van der Waals surface area contributed by atoms with Gasteiger partial charge < -0.3 is 10.5 Å². The zero-order chi connectivity index (χ0) is 14.3. The Morgan fingerprint density at radius 1 is 1.26 bits per heavy atom. The van der Waals surface area contributed by atoms with Crippen LogP contribution >= 0.6 is 0 Å². The molecule has 0 spiro atoms. The summed E-state index contributed by atoms with van der Waals surface area (Å²) in [4.78, 5) is 0.330. The number of hydrogen-bond acceptors (Lipinski definition) is 4. The molecular weight excluding hydrogens is 262 g/mol. The Labute approximate surface area is 115 Å². The number of benzene rings is 1. The molecule has 5 heteroatoms. The van der Waals surface area contributed by atoms with Gasteiger partial charge in [0.25, 0.3) is 0 Å². The van der Waals surface area contributed by atoms with Crippen LogP contribution in [0.5, 0.6) is 0 Å². The van der Waals surface area contributed by atoms with E-state index in [-0.39, 0.29) is 18.5 Å². The third-order valence-electron chi connectivity index (χ3n) is 2.97. The number of sulfone groups is 1. The first kappa shape index (κ1) is 16.1. The molecule has 0 aliphatic rings. The molecule has 1 rings (SSSR count). The number of nitrogens with two attached hydrogens (primary N) is 1. The SMILES string of the molecule is CCCC(C)OCCS(=O)(=O)c1ccc(CN)cc1. The molecule has 1 aromatic rings. The quantitative estimate of drug-likeness (QED) is 0.794. The molecule has 19 heavy (non-hydrogen) atoms. The van der Waals surface area contributed by atoms with Crippen molar-refractivity contribution < 1.29 is 13.2 Å². The number of rotatable bonds is 8. The maximum atomic E-state index is 12.1. The Kier molecular flexibility index (Phi) is 6.48. The van der Waals surface area contributed by atoms with Crippen molar-refractivity contribution >= 4 is 9.84 Å². The third-order valence-corrected chi connectivity index (χ3v) is 4.66. The second-order valence-electron chi connectivity index (χ2n) is 4.64. The van der Waals surface area contributed by atoms with Gasteiger partial charge in [-0.2, -0.15) is 0 Å². The van der Waals surface area contributed by atoms with Crippen molar-refractivity contribution in [3.63, 3.8) is 0 Å². The maximum Gasteiger partial charge on any atom is 0.180 e. The Morgan fingerprint density at radius 2 is 1.89 bits per heavy atom. The predicted molar refractivity (Wildman–Crippen MR) is 76.7 cm³/mol. The van der Waals surface area contributed by atoms with E-state index < -0.39 is 9.84 Å². The van der Waals surface area contributed by atoms with Crippen molar-refractivity contribution in [2.45, 2.75) is 44.2 Å². The van der Waals surface area contributed by atoms with Gasteiger partial charge >= 0.3 is 0 Å². The fraction of sp³-hybridized carbons (Fsp3) is 0.571. The van der Waals surface area contributed by atoms with Gasteiger partial charge in [0, 0.05) is 6.54 Å². The summed E-state index contributed by atoms with van der Waals surface area (Å²) >= 11 is 0. The Morgan fingerprint density at radius 3 is 2.42 bits per heavy atom. The van der Waals surface area contributed by atoms with Crippen LogP contribution in [-0.4, -0.2) is 26.9 Å². The van der Waals surface area contributed by atoms with E-state index in [4.69, 9.17) is 10.5 Å². The molecule has 0 fully saturated rings. The van der Waals surface area contributed by atoms with Crippen molar-refractivity contribution in [3.05, 3.63) is 29.8 Å². The molecule has 1 aromatic carbocycles. The van der Waals surface area contributed by atoms with Gasteiger partial charge in [-0.25, -0.2) is 8.42 Å². The average Bonchev–Trinajstić information content (AvgIpc) is 2.39. The lowest BCUT2D eigenvalue weighted by molar-refractivity contribution is 0.0711. The average molecular weight is 285 g/mol. The molecule has 0 saturated carbocycles. The zero-order valence-electron chi connectivity index (χ0n) is 11.6. The molecular formula is C14H23NO3S. The normalized spacial score (nSPS) is 13.4. The van der Waals surface area contributed by atoms with Crippen LogP contribution in [0.3, 0.4) is 0 Å². The first-order valence-corrected chi connectivity index (χ1v) is 8.28. The van der Waals surface area contributed by atoms with Gasteiger partial charge in [0.1, 0.15) is 0 Å². The van der Waals surface area contributed by atoms with Crippen molar-refractivity contribution in [1.82, 2.24) is 0 Å². The summed E-state index contributed by atoms with van der Waals surface area (Å²) in [5.41, 5.74) is 6.40. The van der Waals surface area contributed by atoms with Gasteiger partial charge in [-0.3, -0.25) is 0 Å². The van der Waals surface area contributed by atoms with Gasteiger partial charge in [-0.05, 0) is 31.0 Å². The van der Waals surface area contributed by atoms with E-state index in [1.165, 1.54) is 0 Å². The van der Waals surface area contributed by atoms with Crippen molar-refractivity contribution in [3.8, 4) is 0 Å². The molecule has 1 unspecified atom stereocenters. The summed E-state index contributed by atoms with van der Waals surface area (Å²) in [6, 6.07) is 6.70. The minimum atomic E-state index is -3.26. The van der Waals surface area contributed by atoms with Crippen LogP contribution in [0.2, 0.25) is 0 Å². The summed E-state index contributed by atoms with van der Waals surface area (Å²) in [5.74, 6) is 0.0169. The lowest BCUT2D eigenvalue weighted by Gasteiger charge is -2.12. The minimum absolute atomic E-state index is 0.0169. The Bertz CT molecular complexity index is 468. The highest BCUT2D eigenvalue weighted by molar-refractivity contribution is 7.91. The third kappa shape index (κ3) is 5.30. The van der Waals surface area contributed by atoms with Gasteiger partial charge in [-0.1, -0.05) is 25.5 Å². The van der Waals surface area contributed by atoms with E-state index in [0.29, 0.717) is 11.4 Å². The standard InChI is InChI=1S/C14H23NO3S/c1-3-4-12(2)18-9-10-19(16,17)14-7-5-13(11-15)6-8-14/h5-8,12H,3-4,9-11,15H2,1-2H3. The molecule has 0 aromatic heterocycles. The molecule has 1 atom stereocenters. The Balaban J connectivity index is 2.55. The van der Waals surface area contributed by atoms with Gasteiger partial charge in [0.2, 0.25) is 0 Å². The van der Waals surface area contributed by atoms with E-state index in [0.717, 1.165) is 18.4 Å². The van der Waals surface area contributed by atoms with Crippen LogP contribution in [0.1, 0.15) is 32.3 Å².